The van der Waals surface area contributed by atoms with Crippen molar-refractivity contribution in [3.63, 3.8) is 0 Å². The van der Waals surface area contributed by atoms with Gasteiger partial charge in [0.1, 0.15) is 24.0 Å². The zero-order valence-corrected chi connectivity index (χ0v) is 15.4. The van der Waals surface area contributed by atoms with Gasteiger partial charge in [0, 0.05) is 18.2 Å². The average Bonchev–Trinajstić information content (AvgIpc) is 3.38. The van der Waals surface area contributed by atoms with Gasteiger partial charge >= 0.3 is 0 Å². The van der Waals surface area contributed by atoms with Gasteiger partial charge in [-0.2, -0.15) is 10.1 Å². The van der Waals surface area contributed by atoms with Crippen molar-refractivity contribution >= 4 is 17.1 Å². The quantitative estimate of drug-likeness (QED) is 0.566. The molecule has 4 aromatic rings. The van der Waals surface area contributed by atoms with Crippen LogP contribution >= 0.6 is 0 Å². The van der Waals surface area contributed by atoms with Crippen LogP contribution in [0.25, 0.3) is 16.9 Å². The molecule has 9 nitrogen and oxygen atoms in total. The lowest BCUT2D eigenvalue weighted by Crippen LogP contribution is -2.33. The Morgan fingerprint density at radius 1 is 1.14 bits per heavy atom. The van der Waals surface area contributed by atoms with E-state index in [2.05, 4.69) is 25.5 Å². The molecule has 0 atom stereocenters. The number of aromatic nitrogens is 6. The summed E-state index contributed by atoms with van der Waals surface area (Å²) in [5, 5.41) is 11.8. The molecule has 0 aliphatic heterocycles. The molecule has 10 heteroatoms. The molecule has 0 saturated heterocycles. The van der Waals surface area contributed by atoms with Crippen LogP contribution in [-0.4, -0.2) is 35.6 Å². The molecule has 1 fully saturated rings. The maximum atomic E-state index is 13.3. The lowest BCUT2D eigenvalue weighted by molar-refractivity contribution is 0.301. The van der Waals surface area contributed by atoms with Gasteiger partial charge in [0.25, 0.3) is 11.6 Å². The summed E-state index contributed by atoms with van der Waals surface area (Å²) in [6, 6.07) is 7.99. The molecular weight excluding hydrogens is 377 g/mol. The largest absolute Gasteiger partial charge is 0.423 e. The van der Waals surface area contributed by atoms with Gasteiger partial charge in [-0.1, -0.05) is 0 Å². The van der Waals surface area contributed by atoms with Crippen molar-refractivity contribution in [3.05, 3.63) is 59.2 Å². The molecule has 29 heavy (non-hydrogen) atoms. The molecule has 0 spiro atoms. The van der Waals surface area contributed by atoms with Crippen LogP contribution in [0.3, 0.4) is 0 Å². The fraction of sp³-hybridized carbons (Fsp3) is 0.316. The third-order valence-corrected chi connectivity index (χ3v) is 5.19. The maximum absolute atomic E-state index is 13.3. The van der Waals surface area contributed by atoms with Crippen LogP contribution in [0, 0.1) is 5.82 Å². The Balaban J connectivity index is 1.28. The first kappa shape index (κ1) is 17.5. The molecule has 1 aliphatic rings. The minimum absolute atomic E-state index is 0.0155. The molecule has 0 bridgehead atoms. The fourth-order valence-electron chi connectivity index (χ4n) is 3.73. The monoisotopic (exact) mass is 395 g/mol. The summed E-state index contributed by atoms with van der Waals surface area (Å²) >= 11 is 0. The molecule has 1 N–H and O–H groups in total. The molecule has 0 amide bonds. The smallest absolute Gasteiger partial charge is 0.295 e. The predicted molar refractivity (Wildman–Crippen MR) is 102 cm³/mol. The van der Waals surface area contributed by atoms with E-state index in [1.165, 1.54) is 33.9 Å². The zero-order chi connectivity index (χ0) is 19.8. The third-order valence-electron chi connectivity index (χ3n) is 5.19. The summed E-state index contributed by atoms with van der Waals surface area (Å²) in [6.07, 6.45) is 6.22. The minimum Gasteiger partial charge on any atom is -0.423 e. The molecule has 1 aliphatic carbocycles. The molecule has 1 aromatic carbocycles. The van der Waals surface area contributed by atoms with Crippen LogP contribution in [0.15, 0.2) is 52.2 Å². The van der Waals surface area contributed by atoms with Gasteiger partial charge in [-0.15, -0.1) is 5.10 Å². The maximum Gasteiger partial charge on any atom is 0.295 e. The first-order chi connectivity index (χ1) is 14.2. The number of nitrogens with one attached hydrogen (secondary N) is 1. The predicted octanol–water partition coefficient (Wildman–Crippen LogP) is 2.70. The molecule has 148 valence electrons. The Kier molecular flexibility index (Phi) is 4.30. The van der Waals surface area contributed by atoms with E-state index in [-0.39, 0.29) is 23.5 Å². The Bertz CT molecular complexity index is 1190. The van der Waals surface area contributed by atoms with Gasteiger partial charge < -0.3 is 9.73 Å². The zero-order valence-electron chi connectivity index (χ0n) is 15.4. The summed E-state index contributed by atoms with van der Waals surface area (Å²) in [5.41, 5.74) is 0.899. The van der Waals surface area contributed by atoms with E-state index in [1.54, 1.807) is 18.5 Å². The van der Waals surface area contributed by atoms with E-state index in [4.69, 9.17) is 4.42 Å². The number of benzene rings is 1. The lowest BCUT2D eigenvalue weighted by atomic mass is 9.91. The van der Waals surface area contributed by atoms with Crippen molar-refractivity contribution in [2.45, 2.75) is 37.8 Å². The highest BCUT2D eigenvalue weighted by molar-refractivity contribution is 5.74. The van der Waals surface area contributed by atoms with Gasteiger partial charge in [0.2, 0.25) is 0 Å². The van der Waals surface area contributed by atoms with E-state index in [9.17, 15) is 9.18 Å². The number of nitrogens with zero attached hydrogens (tertiary/aromatic N) is 6. The number of anilines is 1. The number of hydrogen-bond acceptors (Lipinski definition) is 7. The van der Waals surface area contributed by atoms with Crippen LogP contribution in [-0.2, 0) is 0 Å². The van der Waals surface area contributed by atoms with E-state index < -0.39 is 0 Å². The van der Waals surface area contributed by atoms with Crippen molar-refractivity contribution in [3.8, 4) is 5.82 Å². The number of fused-ring (bicyclic) bond motifs is 1. The van der Waals surface area contributed by atoms with Crippen molar-refractivity contribution in [1.82, 2.24) is 29.5 Å². The lowest BCUT2D eigenvalue weighted by Gasteiger charge is -2.29. The molecule has 0 unspecified atom stereocenters. The SMILES string of the molecule is O=c1ccc(-n2cncn2)nn1C1CCC(Nc2nc3ccc(F)cc3o2)CC1. The number of hydrogen-bond donors (Lipinski definition) is 1. The summed E-state index contributed by atoms with van der Waals surface area (Å²) < 4.78 is 22.0. The molecule has 3 heterocycles. The normalized spacial score (nSPS) is 19.5. The van der Waals surface area contributed by atoms with Crippen LogP contribution < -0.4 is 10.9 Å². The highest BCUT2D eigenvalue weighted by atomic mass is 19.1. The fourth-order valence-corrected chi connectivity index (χ4v) is 3.73. The molecule has 1 saturated carbocycles. The van der Waals surface area contributed by atoms with Crippen LogP contribution in [0.1, 0.15) is 31.7 Å². The van der Waals surface area contributed by atoms with E-state index in [1.807, 2.05) is 0 Å². The Morgan fingerprint density at radius 3 is 2.79 bits per heavy atom. The molecular formula is C19H18FN7O2. The highest BCUT2D eigenvalue weighted by Crippen LogP contribution is 2.29. The van der Waals surface area contributed by atoms with Crippen molar-refractivity contribution in [1.29, 1.82) is 0 Å². The minimum atomic E-state index is -0.355. The molecule has 0 radical (unpaired) electrons. The van der Waals surface area contributed by atoms with E-state index in [0.29, 0.717) is 22.9 Å². The second kappa shape index (κ2) is 7.12. The second-order valence-corrected chi connectivity index (χ2v) is 7.10. The van der Waals surface area contributed by atoms with Crippen LogP contribution in [0.2, 0.25) is 0 Å². The number of halogens is 1. The van der Waals surface area contributed by atoms with E-state index >= 15 is 0 Å². The summed E-state index contributed by atoms with van der Waals surface area (Å²) in [4.78, 5) is 20.6. The van der Waals surface area contributed by atoms with E-state index in [0.717, 1.165) is 25.7 Å². The van der Waals surface area contributed by atoms with Crippen molar-refractivity contribution in [2.75, 3.05) is 5.32 Å². The summed E-state index contributed by atoms with van der Waals surface area (Å²) in [7, 11) is 0. The third kappa shape index (κ3) is 3.48. The average molecular weight is 395 g/mol. The Hall–Kier alpha value is -3.56. The van der Waals surface area contributed by atoms with Gasteiger partial charge in [-0.3, -0.25) is 4.79 Å². The van der Waals surface area contributed by atoms with Gasteiger partial charge in [-0.05, 0) is 43.9 Å². The number of oxazole rings is 1. The Labute approximate surface area is 164 Å². The van der Waals surface area contributed by atoms with Gasteiger partial charge in [-0.25, -0.2) is 18.7 Å². The standard InChI is InChI=1S/C19H18FN7O2/c20-12-1-6-15-16(9-12)29-19(24-15)23-13-2-4-14(5-3-13)27-18(28)8-7-17(25-27)26-11-21-10-22-26/h1,6-11,13-14H,2-5H2,(H,23,24). The van der Waals surface area contributed by atoms with Crippen molar-refractivity contribution in [2.24, 2.45) is 0 Å². The first-order valence-corrected chi connectivity index (χ1v) is 9.43. The first-order valence-electron chi connectivity index (χ1n) is 9.43. The van der Waals surface area contributed by atoms with Gasteiger partial charge in [0.15, 0.2) is 11.4 Å². The van der Waals surface area contributed by atoms with Crippen LogP contribution in [0.4, 0.5) is 10.4 Å². The van der Waals surface area contributed by atoms with Gasteiger partial charge in [0.05, 0.1) is 6.04 Å². The Morgan fingerprint density at radius 2 is 2.00 bits per heavy atom. The van der Waals surface area contributed by atoms with Crippen molar-refractivity contribution < 1.29 is 8.81 Å². The molecule has 3 aromatic heterocycles. The summed E-state index contributed by atoms with van der Waals surface area (Å²) in [5.74, 6) is 0.202. The molecule has 5 rings (SSSR count). The summed E-state index contributed by atoms with van der Waals surface area (Å²) in [6.45, 7) is 0. The van der Waals surface area contributed by atoms with Crippen LogP contribution in [0.5, 0.6) is 0 Å². The topological polar surface area (TPSA) is 104 Å². The number of rotatable bonds is 4. The second-order valence-electron chi connectivity index (χ2n) is 7.10. The highest BCUT2D eigenvalue weighted by Gasteiger charge is 2.25.